The molecule has 2 heterocycles. The molecule has 1 aliphatic rings. The predicted molar refractivity (Wildman–Crippen MR) is 166 cm³/mol. The number of oxime groups is 1. The number of ether oxygens (including phenoxy) is 2. The van der Waals surface area contributed by atoms with Crippen molar-refractivity contribution in [2.75, 3.05) is 18.9 Å². The normalized spacial score (nSPS) is 18.2. The summed E-state index contributed by atoms with van der Waals surface area (Å²) in [5, 5.41) is 7.86. The van der Waals surface area contributed by atoms with E-state index >= 15 is 0 Å². The van der Waals surface area contributed by atoms with E-state index in [1.807, 2.05) is 0 Å². The van der Waals surface area contributed by atoms with E-state index in [9.17, 15) is 27.6 Å². The number of thiazole rings is 1. The third kappa shape index (κ3) is 10.4. The largest absolute Gasteiger partial charge is 0.465 e. The fourth-order valence-electron chi connectivity index (χ4n) is 3.50. The van der Waals surface area contributed by atoms with Crippen LogP contribution >= 0.6 is 11.3 Å². The summed E-state index contributed by atoms with van der Waals surface area (Å²) in [6, 6.07) is -2.26. The van der Waals surface area contributed by atoms with Gasteiger partial charge in [0.05, 0.1) is 24.7 Å². The molecule has 1 aliphatic heterocycles. The molecule has 2 amide bonds. The number of rotatable bonds is 13. The van der Waals surface area contributed by atoms with Crippen LogP contribution < -0.4 is 11.1 Å². The molecule has 0 aliphatic carbocycles. The third-order valence-electron chi connectivity index (χ3n) is 6.32. The second-order valence-corrected chi connectivity index (χ2v) is 16.3. The lowest BCUT2D eigenvalue weighted by molar-refractivity contribution is -0.179. The van der Waals surface area contributed by atoms with Gasteiger partial charge in [-0.1, -0.05) is 19.0 Å². The molecule has 2 rings (SSSR count). The Morgan fingerprint density at radius 2 is 1.67 bits per heavy atom. The summed E-state index contributed by atoms with van der Waals surface area (Å²) in [7, 11) is -4.52. The van der Waals surface area contributed by atoms with E-state index in [-0.39, 0.29) is 30.0 Å². The van der Waals surface area contributed by atoms with Crippen molar-refractivity contribution < 1.29 is 46.1 Å². The maximum Gasteiger partial charge on any atom is 0.365 e. The number of esters is 2. The number of nitrogens with zero attached hydrogens (tertiary/aromatic N) is 3. The van der Waals surface area contributed by atoms with E-state index in [1.165, 1.54) is 26.2 Å². The molecule has 0 radical (unpaired) electrons. The molecule has 0 bridgehead atoms. The first-order chi connectivity index (χ1) is 20.3. The van der Waals surface area contributed by atoms with E-state index < -0.39 is 67.9 Å². The van der Waals surface area contributed by atoms with Crippen molar-refractivity contribution >= 4 is 56.2 Å². The van der Waals surface area contributed by atoms with Gasteiger partial charge in [0.2, 0.25) is 5.60 Å². The van der Waals surface area contributed by atoms with Crippen LogP contribution in [0, 0.1) is 10.8 Å². The Balaban J connectivity index is 2.10. The minimum absolute atomic E-state index is 0.0117. The molecule has 17 heteroatoms. The van der Waals surface area contributed by atoms with E-state index in [0.717, 1.165) is 11.3 Å². The first-order valence-corrected chi connectivity index (χ1v) is 16.4. The lowest BCUT2D eigenvalue weighted by Crippen LogP contribution is -2.71. The van der Waals surface area contributed by atoms with Crippen LogP contribution in [0.1, 0.15) is 88.3 Å². The molecule has 0 saturated carbocycles. The van der Waals surface area contributed by atoms with Crippen LogP contribution in [0.4, 0.5) is 5.13 Å². The molecule has 0 unspecified atom stereocenters. The van der Waals surface area contributed by atoms with Crippen LogP contribution in [0.3, 0.4) is 0 Å². The smallest absolute Gasteiger partial charge is 0.365 e. The second kappa shape index (κ2) is 13.6. The zero-order valence-electron chi connectivity index (χ0n) is 27.7. The molecule has 1 aromatic heterocycles. The molecule has 1 fully saturated rings. The number of aromatic nitrogens is 1. The van der Waals surface area contributed by atoms with Crippen LogP contribution in [0.25, 0.3) is 0 Å². The quantitative estimate of drug-likeness (QED) is 0.134. The fraction of sp³-hybridized carbons (Fsp3) is 0.714. The van der Waals surface area contributed by atoms with Gasteiger partial charge in [0.15, 0.2) is 10.8 Å². The highest BCUT2D eigenvalue weighted by Gasteiger charge is 2.53. The Kier molecular flexibility index (Phi) is 11.4. The van der Waals surface area contributed by atoms with E-state index in [1.54, 1.807) is 55.4 Å². The number of carbonyl (C=O) groups excluding carboxylic acids is 4. The number of nitrogens with two attached hydrogens (primary N) is 1. The van der Waals surface area contributed by atoms with Crippen molar-refractivity contribution in [3.8, 4) is 0 Å². The van der Waals surface area contributed by atoms with E-state index in [4.69, 9.17) is 24.2 Å². The Hall–Kier alpha value is -3.31. The lowest BCUT2D eigenvalue weighted by atomic mass is 9.91. The summed E-state index contributed by atoms with van der Waals surface area (Å²) >= 11 is 1.02. The zero-order chi connectivity index (χ0) is 34.8. The van der Waals surface area contributed by atoms with Crippen LogP contribution in [0.15, 0.2) is 10.5 Å². The monoisotopic (exact) mass is 675 g/mol. The number of hydrogen-bond donors (Lipinski definition) is 2. The van der Waals surface area contributed by atoms with Crippen molar-refractivity contribution in [3.05, 3.63) is 11.1 Å². The topological polar surface area (TPSA) is 206 Å². The van der Waals surface area contributed by atoms with Crippen molar-refractivity contribution in [3.63, 3.8) is 0 Å². The van der Waals surface area contributed by atoms with Crippen molar-refractivity contribution in [2.24, 2.45) is 16.0 Å². The Bertz CT molecular complexity index is 1420. The number of amides is 2. The van der Waals surface area contributed by atoms with Crippen molar-refractivity contribution in [1.82, 2.24) is 14.6 Å². The van der Waals surface area contributed by atoms with Gasteiger partial charge in [0.1, 0.15) is 17.3 Å². The highest BCUT2D eigenvalue weighted by Crippen LogP contribution is 2.29. The first kappa shape index (κ1) is 37.9. The number of hydrogen-bond acceptors (Lipinski definition) is 14. The van der Waals surface area contributed by atoms with Gasteiger partial charge < -0.3 is 25.4 Å². The lowest BCUT2D eigenvalue weighted by Gasteiger charge is -2.43. The van der Waals surface area contributed by atoms with Crippen LogP contribution in [0.2, 0.25) is 0 Å². The van der Waals surface area contributed by atoms with Gasteiger partial charge in [-0.2, -0.15) is 8.42 Å². The van der Waals surface area contributed by atoms with Gasteiger partial charge in [0, 0.05) is 5.38 Å². The molecule has 2 atom stereocenters. The second-order valence-electron chi connectivity index (χ2n) is 14.0. The maximum atomic E-state index is 13.3. The summed E-state index contributed by atoms with van der Waals surface area (Å²) in [5.74, 6) is -2.98. The van der Waals surface area contributed by atoms with Gasteiger partial charge in [-0.3, -0.25) is 18.6 Å². The average Bonchev–Trinajstić information content (AvgIpc) is 3.30. The Morgan fingerprint density at radius 1 is 1.07 bits per heavy atom. The summed E-state index contributed by atoms with van der Waals surface area (Å²) in [5.41, 5.74) is 1.53. The molecule has 1 saturated heterocycles. The maximum absolute atomic E-state index is 13.3. The van der Waals surface area contributed by atoms with Crippen LogP contribution in [0.5, 0.6) is 0 Å². The molecule has 45 heavy (non-hydrogen) atoms. The highest BCUT2D eigenvalue weighted by atomic mass is 32.2. The summed E-state index contributed by atoms with van der Waals surface area (Å²) in [4.78, 5) is 60.3. The van der Waals surface area contributed by atoms with Gasteiger partial charge in [0.25, 0.3) is 11.8 Å². The summed E-state index contributed by atoms with van der Waals surface area (Å²) < 4.78 is 42.2. The Labute approximate surface area is 268 Å². The molecular formula is C28H45N5O10S2. The molecular weight excluding hydrogens is 630 g/mol. The molecule has 1 aromatic rings. The number of anilines is 1. The predicted octanol–water partition coefficient (Wildman–Crippen LogP) is 2.55. The first-order valence-electron chi connectivity index (χ1n) is 14.2. The molecule has 0 spiro atoms. The van der Waals surface area contributed by atoms with Crippen LogP contribution in [-0.4, -0.2) is 83.7 Å². The molecule has 0 aromatic carbocycles. The number of nitrogens with one attached hydrogen (secondary N) is 1. The zero-order valence-corrected chi connectivity index (χ0v) is 29.3. The van der Waals surface area contributed by atoms with Gasteiger partial charge in [-0.05, 0) is 74.1 Å². The summed E-state index contributed by atoms with van der Waals surface area (Å²) in [6.07, 6.45) is 0.308. The van der Waals surface area contributed by atoms with Gasteiger partial charge in [-0.15, -0.1) is 11.3 Å². The molecule has 3 N–H and O–H groups in total. The van der Waals surface area contributed by atoms with Gasteiger partial charge >= 0.3 is 22.2 Å². The van der Waals surface area contributed by atoms with E-state index in [0.29, 0.717) is 10.7 Å². The standard InChI is InChI=1S/C28H45N5O10S2/c1-16-18(21(35)33(16)45(38,39)41-15-27(8,9)12-13-40-22(36)25(2,3)4)31-20(34)19(17-14-44-24(29)30-17)32-43-28(10,11)23(37)42-26(5,6)7/h14,16,18H,12-13,15H2,1-11H3,(H2,29,30)(H,31,34)/b32-19-/t16-,18-/m0/s1. The minimum Gasteiger partial charge on any atom is -0.465 e. The SMILES string of the molecule is C[C@H]1[C@H](NC(=O)/C(=N\OC(C)(C)C(=O)OC(C)(C)C)c2csc(N)n2)C(=O)N1S(=O)(=O)OCC(C)(C)CCOC(=O)C(C)(C)C. The molecule has 15 nitrogen and oxygen atoms in total. The van der Waals surface area contributed by atoms with Gasteiger partial charge in [-0.25, -0.2) is 14.1 Å². The number of β-lactam (4-membered cyclic amide) rings is 1. The highest BCUT2D eigenvalue weighted by molar-refractivity contribution is 7.85. The minimum atomic E-state index is -4.52. The Morgan fingerprint density at radius 3 is 2.16 bits per heavy atom. The molecule has 254 valence electrons. The van der Waals surface area contributed by atoms with Crippen molar-refractivity contribution in [1.29, 1.82) is 0 Å². The summed E-state index contributed by atoms with van der Waals surface area (Å²) in [6.45, 7) is 17.7. The average molecular weight is 676 g/mol. The third-order valence-corrected chi connectivity index (χ3v) is 8.41. The fourth-order valence-corrected chi connectivity index (χ4v) is 5.49. The number of nitrogen functional groups attached to an aromatic ring is 1. The van der Waals surface area contributed by atoms with Crippen molar-refractivity contribution in [2.45, 2.75) is 106 Å². The number of carbonyl (C=O) groups is 4. The van der Waals surface area contributed by atoms with E-state index in [2.05, 4.69) is 15.5 Å². The van der Waals surface area contributed by atoms with Crippen LogP contribution in [-0.2, 0) is 48.0 Å².